The molecule has 2 aromatic carbocycles. The van der Waals surface area contributed by atoms with E-state index in [0.717, 1.165) is 31.7 Å². The summed E-state index contributed by atoms with van der Waals surface area (Å²) in [4.78, 5) is 2.42. The molecular weight excluding hydrogens is 272 g/mol. The molecule has 0 aliphatic heterocycles. The fraction of sp³-hybridized carbons (Fsp3) is 0.368. The number of anilines is 2. The van der Waals surface area contributed by atoms with Crippen LogP contribution in [0.2, 0.25) is 0 Å². The van der Waals surface area contributed by atoms with Crippen LogP contribution in [0.25, 0.3) is 0 Å². The van der Waals surface area contributed by atoms with Gasteiger partial charge in [0.2, 0.25) is 0 Å². The van der Waals surface area contributed by atoms with Crippen molar-refractivity contribution in [2.24, 2.45) is 0 Å². The molecule has 0 fully saturated rings. The average Bonchev–Trinajstić information content (AvgIpc) is 2.52. The third kappa shape index (κ3) is 4.17. The van der Waals surface area contributed by atoms with E-state index in [2.05, 4.69) is 49.1 Å². The van der Waals surface area contributed by atoms with Crippen LogP contribution in [-0.2, 0) is 6.42 Å². The Hall–Kier alpha value is -2.16. The fourth-order valence-corrected chi connectivity index (χ4v) is 2.71. The van der Waals surface area contributed by atoms with E-state index in [9.17, 15) is 0 Å². The summed E-state index contributed by atoms with van der Waals surface area (Å²) in [6.07, 6.45) is 2.13. The zero-order valence-electron chi connectivity index (χ0n) is 13.8. The Labute approximate surface area is 133 Å². The molecule has 0 aliphatic carbocycles. The summed E-state index contributed by atoms with van der Waals surface area (Å²) >= 11 is 0. The number of benzene rings is 2. The molecule has 0 atom stereocenters. The molecule has 0 unspecified atom stereocenters. The minimum atomic E-state index is 0.714. The van der Waals surface area contributed by atoms with Crippen LogP contribution < -0.4 is 15.4 Å². The second kappa shape index (κ2) is 7.74. The van der Waals surface area contributed by atoms with Crippen LogP contribution in [-0.4, -0.2) is 20.2 Å². The van der Waals surface area contributed by atoms with E-state index in [-0.39, 0.29) is 0 Å². The summed E-state index contributed by atoms with van der Waals surface area (Å²) in [5.74, 6) is 0.749. The van der Waals surface area contributed by atoms with Gasteiger partial charge in [0.15, 0.2) is 0 Å². The molecule has 3 heteroatoms. The summed E-state index contributed by atoms with van der Waals surface area (Å²) in [6.45, 7) is 6.41. The number of hydrogen-bond donors (Lipinski definition) is 1. The van der Waals surface area contributed by atoms with Crippen LogP contribution in [0.5, 0.6) is 5.75 Å². The second-order valence-electron chi connectivity index (χ2n) is 5.60. The largest absolute Gasteiger partial charge is 0.495 e. The number of rotatable bonds is 7. The maximum absolute atomic E-state index is 5.96. The van der Waals surface area contributed by atoms with E-state index in [1.807, 2.05) is 12.1 Å². The Kier molecular flexibility index (Phi) is 5.70. The van der Waals surface area contributed by atoms with Crippen molar-refractivity contribution < 1.29 is 4.74 Å². The standard InChI is InChI=1S/C19H26N2O/c1-4-21(17-9-5-7-15(2)13-17)12-6-8-16-10-11-19(22-3)18(20)14-16/h5,7,9-11,13-14H,4,6,8,12,20H2,1-3H3. The lowest BCUT2D eigenvalue weighted by Gasteiger charge is -2.23. The third-order valence-corrected chi connectivity index (χ3v) is 3.94. The highest BCUT2D eigenvalue weighted by atomic mass is 16.5. The van der Waals surface area contributed by atoms with Crippen molar-refractivity contribution in [3.63, 3.8) is 0 Å². The van der Waals surface area contributed by atoms with Gasteiger partial charge in [0, 0.05) is 18.8 Å². The van der Waals surface area contributed by atoms with Crippen molar-refractivity contribution in [2.75, 3.05) is 30.8 Å². The lowest BCUT2D eigenvalue weighted by atomic mass is 10.1. The average molecular weight is 298 g/mol. The molecule has 0 aliphatic rings. The van der Waals surface area contributed by atoms with Gasteiger partial charge >= 0.3 is 0 Å². The molecular formula is C19H26N2O. The zero-order chi connectivity index (χ0) is 15.9. The SMILES string of the molecule is CCN(CCCc1ccc(OC)c(N)c1)c1cccc(C)c1. The first-order valence-corrected chi connectivity index (χ1v) is 7.88. The molecule has 2 N–H and O–H groups in total. The molecule has 3 nitrogen and oxygen atoms in total. The Bertz CT molecular complexity index is 610. The number of aryl methyl sites for hydroxylation is 2. The molecule has 0 amide bonds. The highest BCUT2D eigenvalue weighted by Gasteiger charge is 2.05. The number of nitrogen functional groups attached to an aromatic ring is 1. The van der Waals surface area contributed by atoms with Crippen LogP contribution in [0.3, 0.4) is 0 Å². The van der Waals surface area contributed by atoms with Crippen molar-refractivity contribution in [1.82, 2.24) is 0 Å². The van der Waals surface area contributed by atoms with Gasteiger partial charge in [-0.25, -0.2) is 0 Å². The van der Waals surface area contributed by atoms with Crippen molar-refractivity contribution >= 4 is 11.4 Å². The van der Waals surface area contributed by atoms with Gasteiger partial charge in [-0.1, -0.05) is 18.2 Å². The number of hydrogen-bond acceptors (Lipinski definition) is 3. The molecule has 2 rings (SSSR count). The Morgan fingerprint density at radius 1 is 1.14 bits per heavy atom. The molecule has 0 bridgehead atoms. The summed E-state index contributed by atoms with van der Waals surface area (Å²) in [6, 6.07) is 14.7. The monoisotopic (exact) mass is 298 g/mol. The van der Waals surface area contributed by atoms with Crippen molar-refractivity contribution in [2.45, 2.75) is 26.7 Å². The number of ether oxygens (including phenoxy) is 1. The number of methoxy groups -OCH3 is 1. The van der Waals surface area contributed by atoms with Crippen molar-refractivity contribution in [3.05, 3.63) is 53.6 Å². The molecule has 0 saturated heterocycles. The van der Waals surface area contributed by atoms with Crippen LogP contribution in [0.4, 0.5) is 11.4 Å². The molecule has 0 radical (unpaired) electrons. The van der Waals surface area contributed by atoms with Gasteiger partial charge in [-0.2, -0.15) is 0 Å². The van der Waals surface area contributed by atoms with Gasteiger partial charge in [-0.3, -0.25) is 0 Å². The Balaban J connectivity index is 1.93. The first-order valence-electron chi connectivity index (χ1n) is 7.88. The van der Waals surface area contributed by atoms with Gasteiger partial charge in [0.25, 0.3) is 0 Å². The Morgan fingerprint density at radius 2 is 1.95 bits per heavy atom. The first kappa shape index (κ1) is 16.2. The summed E-state index contributed by atoms with van der Waals surface area (Å²) in [5.41, 5.74) is 10.5. The summed E-state index contributed by atoms with van der Waals surface area (Å²) < 4.78 is 5.20. The van der Waals surface area contributed by atoms with E-state index in [1.54, 1.807) is 7.11 Å². The smallest absolute Gasteiger partial charge is 0.141 e. The van der Waals surface area contributed by atoms with E-state index < -0.39 is 0 Å². The lowest BCUT2D eigenvalue weighted by molar-refractivity contribution is 0.417. The first-order chi connectivity index (χ1) is 10.6. The molecule has 0 heterocycles. The van der Waals surface area contributed by atoms with E-state index in [4.69, 9.17) is 10.5 Å². The fourth-order valence-electron chi connectivity index (χ4n) is 2.71. The second-order valence-corrected chi connectivity index (χ2v) is 5.60. The lowest BCUT2D eigenvalue weighted by Crippen LogP contribution is -2.24. The molecule has 0 aromatic heterocycles. The quantitative estimate of drug-likeness (QED) is 0.784. The Morgan fingerprint density at radius 3 is 2.59 bits per heavy atom. The van der Waals surface area contributed by atoms with Gasteiger partial charge in [0.05, 0.1) is 12.8 Å². The third-order valence-electron chi connectivity index (χ3n) is 3.94. The van der Waals surface area contributed by atoms with Crippen LogP contribution >= 0.6 is 0 Å². The van der Waals surface area contributed by atoms with E-state index >= 15 is 0 Å². The number of nitrogens with two attached hydrogens (primary N) is 1. The van der Waals surface area contributed by atoms with Crippen LogP contribution in [0.15, 0.2) is 42.5 Å². The van der Waals surface area contributed by atoms with E-state index in [0.29, 0.717) is 5.69 Å². The van der Waals surface area contributed by atoms with E-state index in [1.165, 1.54) is 16.8 Å². The normalized spacial score (nSPS) is 10.5. The molecule has 0 saturated carbocycles. The minimum Gasteiger partial charge on any atom is -0.495 e. The minimum absolute atomic E-state index is 0.714. The van der Waals surface area contributed by atoms with Crippen LogP contribution in [0.1, 0.15) is 24.5 Å². The molecule has 22 heavy (non-hydrogen) atoms. The highest BCUT2D eigenvalue weighted by Crippen LogP contribution is 2.23. The summed E-state index contributed by atoms with van der Waals surface area (Å²) in [5, 5.41) is 0. The van der Waals surface area contributed by atoms with Crippen LogP contribution in [0, 0.1) is 6.92 Å². The predicted molar refractivity (Wildman–Crippen MR) is 94.8 cm³/mol. The predicted octanol–water partition coefficient (Wildman–Crippen LogP) is 4.04. The zero-order valence-corrected chi connectivity index (χ0v) is 13.8. The topological polar surface area (TPSA) is 38.5 Å². The molecule has 2 aromatic rings. The summed E-state index contributed by atoms with van der Waals surface area (Å²) in [7, 11) is 1.65. The number of nitrogens with zero attached hydrogens (tertiary/aromatic N) is 1. The molecule has 0 spiro atoms. The maximum atomic E-state index is 5.96. The van der Waals surface area contributed by atoms with Crippen molar-refractivity contribution in [3.8, 4) is 5.75 Å². The van der Waals surface area contributed by atoms with Gasteiger partial charge in [-0.15, -0.1) is 0 Å². The van der Waals surface area contributed by atoms with Gasteiger partial charge in [0.1, 0.15) is 5.75 Å². The van der Waals surface area contributed by atoms with Gasteiger partial charge < -0.3 is 15.4 Å². The van der Waals surface area contributed by atoms with Gasteiger partial charge in [-0.05, 0) is 62.1 Å². The van der Waals surface area contributed by atoms with Crippen molar-refractivity contribution in [1.29, 1.82) is 0 Å². The highest BCUT2D eigenvalue weighted by molar-refractivity contribution is 5.54. The molecule has 118 valence electrons. The maximum Gasteiger partial charge on any atom is 0.141 e.